The van der Waals surface area contributed by atoms with Gasteiger partial charge in [0.25, 0.3) is 0 Å². The summed E-state index contributed by atoms with van der Waals surface area (Å²) in [7, 11) is 1.79. The summed E-state index contributed by atoms with van der Waals surface area (Å²) >= 11 is 0. The smallest absolute Gasteiger partial charge is 0.225 e. The van der Waals surface area contributed by atoms with Crippen molar-refractivity contribution in [2.24, 2.45) is 17.8 Å². The Morgan fingerprint density at radius 2 is 1.64 bits per heavy atom. The van der Waals surface area contributed by atoms with Crippen molar-refractivity contribution in [1.82, 2.24) is 9.88 Å². The lowest BCUT2D eigenvalue weighted by Gasteiger charge is -2.32. The monoisotopic (exact) mass is 600 g/mol. The highest BCUT2D eigenvalue weighted by Crippen LogP contribution is 2.33. The molecule has 1 unspecified atom stereocenters. The molecular weight excluding hydrogens is 548 g/mol. The van der Waals surface area contributed by atoms with Crippen molar-refractivity contribution in [2.75, 3.05) is 7.05 Å². The standard InChI is InChI=1S/C29H45NO4.C9H7N/c1-6-8-23-12-14-24(15-13-23)27(32)18-17-26(16-11-22(4)31)30(5)29(34)21(3)19-25-10-7-9-20(2)28(25)33;1-2-4-9-7-10-6-5-8(9)3-1/h7,9-10,21,23-24,26,33H,6,8,11-19H2,1-5H3;1-7H/t21?,23?,24?,26-;/m1./s1. The molecule has 2 atom stereocenters. The van der Waals surface area contributed by atoms with Gasteiger partial charge >= 0.3 is 0 Å². The van der Waals surface area contributed by atoms with E-state index in [1.165, 1.54) is 23.6 Å². The Morgan fingerprint density at radius 3 is 2.30 bits per heavy atom. The number of hydrogen-bond donors (Lipinski definition) is 1. The molecule has 1 aliphatic rings. The number of pyridine rings is 1. The summed E-state index contributed by atoms with van der Waals surface area (Å²) in [4.78, 5) is 43.6. The van der Waals surface area contributed by atoms with Crippen LogP contribution in [0.3, 0.4) is 0 Å². The fraction of sp³-hybridized carbons (Fsp3) is 0.526. The van der Waals surface area contributed by atoms with E-state index in [1.54, 1.807) is 18.9 Å². The molecule has 6 heteroatoms. The fourth-order valence-corrected chi connectivity index (χ4v) is 6.45. The first-order valence-corrected chi connectivity index (χ1v) is 16.5. The second-order valence-electron chi connectivity index (χ2n) is 12.8. The number of carbonyl (C=O) groups excluding carboxylic acids is 3. The molecule has 44 heavy (non-hydrogen) atoms. The van der Waals surface area contributed by atoms with Crippen LogP contribution < -0.4 is 0 Å². The van der Waals surface area contributed by atoms with Gasteiger partial charge in [0.1, 0.15) is 17.3 Å². The number of rotatable bonds is 13. The lowest BCUT2D eigenvalue weighted by Crippen LogP contribution is -2.41. The summed E-state index contributed by atoms with van der Waals surface area (Å²) < 4.78 is 0. The van der Waals surface area contributed by atoms with Crippen molar-refractivity contribution in [1.29, 1.82) is 0 Å². The molecule has 6 nitrogen and oxygen atoms in total. The topological polar surface area (TPSA) is 87.6 Å². The van der Waals surface area contributed by atoms with Crippen molar-refractivity contribution in [3.05, 3.63) is 72.1 Å². The highest BCUT2D eigenvalue weighted by molar-refractivity contribution is 5.82. The zero-order chi connectivity index (χ0) is 32.1. The van der Waals surface area contributed by atoms with Crippen LogP contribution in [0, 0.1) is 24.7 Å². The van der Waals surface area contributed by atoms with E-state index >= 15 is 0 Å². The third kappa shape index (κ3) is 10.6. The predicted molar refractivity (Wildman–Crippen MR) is 179 cm³/mol. The molecule has 0 spiro atoms. The largest absolute Gasteiger partial charge is 0.507 e. The number of ketones is 2. The van der Waals surface area contributed by atoms with E-state index < -0.39 is 0 Å². The second-order valence-corrected chi connectivity index (χ2v) is 12.8. The Kier molecular flexibility index (Phi) is 14.0. The van der Waals surface area contributed by atoms with Crippen LogP contribution in [0.5, 0.6) is 5.75 Å². The Balaban J connectivity index is 0.000000440. The molecule has 4 rings (SSSR count). The number of phenols is 1. The van der Waals surface area contributed by atoms with E-state index in [1.807, 2.05) is 62.6 Å². The third-order valence-corrected chi connectivity index (χ3v) is 9.27. The van der Waals surface area contributed by atoms with E-state index in [2.05, 4.69) is 24.0 Å². The number of aromatic hydroxyl groups is 1. The van der Waals surface area contributed by atoms with Crippen molar-refractivity contribution in [3.63, 3.8) is 0 Å². The SMILES string of the molecule is CCCC1CCC(C(=O)CC[C@@H](CCC(C)=O)N(C)C(=O)C(C)Cc2cccc(C)c2O)CC1.c1ccc2cnccc2c1. The van der Waals surface area contributed by atoms with Gasteiger partial charge in [-0.1, -0.05) is 69.2 Å². The maximum Gasteiger partial charge on any atom is 0.225 e. The molecule has 1 fully saturated rings. The number of amides is 1. The molecule has 0 saturated heterocycles. The average Bonchev–Trinajstić information content (AvgIpc) is 3.03. The molecule has 0 radical (unpaired) electrons. The maximum absolute atomic E-state index is 13.2. The first kappa shape index (κ1) is 34.9. The molecule has 2 aromatic carbocycles. The van der Waals surface area contributed by atoms with Gasteiger partial charge in [-0.2, -0.15) is 0 Å². The maximum atomic E-state index is 13.2. The van der Waals surface area contributed by atoms with E-state index in [0.717, 1.165) is 42.7 Å². The van der Waals surface area contributed by atoms with Crippen LogP contribution in [0.4, 0.5) is 0 Å². The second kappa shape index (κ2) is 17.7. The van der Waals surface area contributed by atoms with E-state index in [0.29, 0.717) is 37.9 Å². The number of hydrogen-bond acceptors (Lipinski definition) is 5. The van der Waals surface area contributed by atoms with Gasteiger partial charge in [-0.3, -0.25) is 14.6 Å². The van der Waals surface area contributed by atoms with E-state index in [9.17, 15) is 19.5 Å². The third-order valence-electron chi connectivity index (χ3n) is 9.27. The van der Waals surface area contributed by atoms with Crippen LogP contribution in [-0.2, 0) is 20.8 Å². The summed E-state index contributed by atoms with van der Waals surface area (Å²) in [5.41, 5.74) is 1.57. The summed E-state index contributed by atoms with van der Waals surface area (Å²) in [5.74, 6) is 1.29. The highest BCUT2D eigenvalue weighted by Gasteiger charge is 2.29. The van der Waals surface area contributed by atoms with Gasteiger partial charge in [0.15, 0.2) is 0 Å². The molecule has 1 aromatic heterocycles. The summed E-state index contributed by atoms with van der Waals surface area (Å²) in [6, 6.07) is 15.7. The lowest BCUT2D eigenvalue weighted by molar-refractivity contribution is -0.137. The quantitative estimate of drug-likeness (QED) is 0.213. The molecular formula is C38H52N2O4. The first-order chi connectivity index (χ1) is 21.1. The minimum Gasteiger partial charge on any atom is -0.507 e. The summed E-state index contributed by atoms with van der Waals surface area (Å²) in [6.45, 7) is 7.52. The van der Waals surface area contributed by atoms with Crippen molar-refractivity contribution in [2.45, 2.75) is 104 Å². The van der Waals surface area contributed by atoms with Gasteiger partial charge in [0.05, 0.1) is 0 Å². The Morgan fingerprint density at radius 1 is 0.955 bits per heavy atom. The molecule has 238 valence electrons. The number of para-hydroxylation sites is 1. The van der Waals surface area contributed by atoms with Gasteiger partial charge in [0.2, 0.25) is 5.91 Å². The van der Waals surface area contributed by atoms with Crippen LogP contribution >= 0.6 is 0 Å². The fourth-order valence-electron chi connectivity index (χ4n) is 6.45. The van der Waals surface area contributed by atoms with Crippen LogP contribution in [0.1, 0.15) is 96.1 Å². The predicted octanol–water partition coefficient (Wildman–Crippen LogP) is 8.27. The average molecular weight is 601 g/mol. The first-order valence-electron chi connectivity index (χ1n) is 16.5. The molecule has 1 heterocycles. The number of aryl methyl sites for hydroxylation is 1. The molecule has 3 aromatic rings. The Bertz CT molecular complexity index is 1300. The number of Topliss-reactive ketones (excluding diaryl/α,β-unsaturated/α-hetero) is 2. The van der Waals surface area contributed by atoms with Gasteiger partial charge in [-0.25, -0.2) is 0 Å². The number of aromatic nitrogens is 1. The van der Waals surface area contributed by atoms with Crippen molar-refractivity contribution < 1.29 is 19.5 Å². The number of nitrogens with zero attached hydrogens (tertiary/aromatic N) is 2. The minimum atomic E-state index is -0.304. The molecule has 1 aliphatic carbocycles. The number of benzene rings is 2. The zero-order valence-corrected chi connectivity index (χ0v) is 27.4. The molecule has 1 N–H and O–H groups in total. The molecule has 1 saturated carbocycles. The van der Waals surface area contributed by atoms with E-state index in [-0.39, 0.29) is 35.3 Å². The Hall–Kier alpha value is -3.54. The molecule has 0 aliphatic heterocycles. The zero-order valence-electron chi connectivity index (χ0n) is 27.4. The van der Waals surface area contributed by atoms with Crippen LogP contribution in [0.2, 0.25) is 0 Å². The van der Waals surface area contributed by atoms with Crippen LogP contribution in [0.25, 0.3) is 10.8 Å². The van der Waals surface area contributed by atoms with E-state index in [4.69, 9.17) is 0 Å². The molecule has 0 bridgehead atoms. The van der Waals surface area contributed by atoms with Gasteiger partial charge in [-0.05, 0) is 92.7 Å². The van der Waals surface area contributed by atoms with Gasteiger partial charge < -0.3 is 14.8 Å². The Labute approximate surface area is 264 Å². The van der Waals surface area contributed by atoms with Gasteiger partial charge in [0, 0.05) is 50.2 Å². The number of phenolic OH excluding ortho intramolecular Hbond substituents is 1. The summed E-state index contributed by atoms with van der Waals surface area (Å²) in [6.07, 6.45) is 13.0. The number of carbonyl (C=O) groups is 3. The van der Waals surface area contributed by atoms with Crippen LogP contribution in [0.15, 0.2) is 60.9 Å². The van der Waals surface area contributed by atoms with Crippen molar-refractivity contribution >= 4 is 28.2 Å². The van der Waals surface area contributed by atoms with Gasteiger partial charge in [-0.15, -0.1) is 0 Å². The normalized spacial score (nSPS) is 17.7. The summed E-state index contributed by atoms with van der Waals surface area (Å²) in [5, 5.41) is 12.8. The minimum absolute atomic E-state index is 0.0121. The van der Waals surface area contributed by atoms with Crippen LogP contribution in [-0.4, -0.2) is 45.6 Å². The van der Waals surface area contributed by atoms with Crippen molar-refractivity contribution in [3.8, 4) is 5.75 Å². The highest BCUT2D eigenvalue weighted by atomic mass is 16.3. The lowest BCUT2D eigenvalue weighted by atomic mass is 9.77. The molecule has 1 amide bonds. The number of fused-ring (bicyclic) bond motifs is 1.